The Balaban J connectivity index is 2.83. The molecule has 0 aliphatic carbocycles. The molecule has 0 spiro atoms. The van der Waals surface area contributed by atoms with E-state index in [4.69, 9.17) is 5.11 Å². The molecule has 0 heterocycles. The normalized spacial score (nSPS) is 12.7. The van der Waals surface area contributed by atoms with Crippen molar-refractivity contribution in [2.45, 2.75) is 32.2 Å². The van der Waals surface area contributed by atoms with Gasteiger partial charge < -0.3 is 10.0 Å². The minimum Gasteiger partial charge on any atom is -0.478 e. The van der Waals surface area contributed by atoms with E-state index in [2.05, 4.69) is 25.9 Å². The maximum absolute atomic E-state index is 10.8. The number of nitrogens with zero attached hydrogens (tertiary/aromatic N) is 1. The fraction of sp³-hybridized carbons (Fsp3) is 0.500. The summed E-state index contributed by atoms with van der Waals surface area (Å²) in [5, 5.41) is 8.85. The van der Waals surface area contributed by atoms with Gasteiger partial charge in [-0.1, -0.05) is 31.9 Å². The smallest absolute Gasteiger partial charge is 0.335 e. The molecular weight excluding hydrogens is 214 g/mol. The molecule has 1 N–H and O–H groups in total. The van der Waals surface area contributed by atoms with Crippen molar-refractivity contribution < 1.29 is 9.90 Å². The van der Waals surface area contributed by atoms with E-state index < -0.39 is 5.97 Å². The monoisotopic (exact) mass is 235 g/mol. The van der Waals surface area contributed by atoms with E-state index in [0.29, 0.717) is 11.6 Å². The molecule has 1 aromatic rings. The van der Waals surface area contributed by atoms with Crippen molar-refractivity contribution in [1.82, 2.24) is 4.90 Å². The molecule has 94 valence electrons. The van der Waals surface area contributed by atoms with Gasteiger partial charge in [0.05, 0.1) is 5.56 Å². The third kappa shape index (κ3) is 3.86. The number of benzene rings is 1. The Bertz CT molecular complexity index is 357. The van der Waals surface area contributed by atoms with Gasteiger partial charge in [-0.15, -0.1) is 0 Å². The molecule has 0 saturated heterocycles. The van der Waals surface area contributed by atoms with Crippen molar-refractivity contribution in [3.05, 3.63) is 35.4 Å². The maximum atomic E-state index is 10.8. The van der Waals surface area contributed by atoms with Crippen LogP contribution >= 0.6 is 0 Å². The van der Waals surface area contributed by atoms with E-state index in [1.807, 2.05) is 12.1 Å². The first-order chi connectivity index (χ1) is 8.06. The predicted octanol–water partition coefficient (Wildman–Crippen LogP) is 3.18. The second-order valence-corrected chi connectivity index (χ2v) is 4.55. The molecule has 3 heteroatoms. The van der Waals surface area contributed by atoms with Gasteiger partial charge in [-0.3, -0.25) is 0 Å². The Hall–Kier alpha value is -1.35. The average molecular weight is 235 g/mol. The number of carboxylic acid groups (broad SMARTS) is 1. The van der Waals surface area contributed by atoms with Crippen LogP contribution in [0.4, 0.5) is 0 Å². The van der Waals surface area contributed by atoms with Gasteiger partial charge in [-0.25, -0.2) is 4.79 Å². The lowest BCUT2D eigenvalue weighted by Gasteiger charge is -2.24. The number of hydrogen-bond donors (Lipinski definition) is 1. The second-order valence-electron chi connectivity index (χ2n) is 4.55. The molecule has 1 atom stereocenters. The van der Waals surface area contributed by atoms with Gasteiger partial charge in [0.15, 0.2) is 0 Å². The summed E-state index contributed by atoms with van der Waals surface area (Å²) in [7, 11) is 4.12. The molecule has 0 amide bonds. The maximum Gasteiger partial charge on any atom is 0.335 e. The lowest BCUT2D eigenvalue weighted by atomic mass is 9.99. The summed E-state index contributed by atoms with van der Waals surface area (Å²) in [6.07, 6.45) is 3.47. The fourth-order valence-electron chi connectivity index (χ4n) is 1.97. The summed E-state index contributed by atoms with van der Waals surface area (Å²) < 4.78 is 0. The standard InChI is InChI=1S/C14H21NO2/c1-4-5-6-13(15(2)3)11-7-9-12(10-8-11)14(16)17/h7-10,13H,4-6H2,1-3H3,(H,16,17). The SMILES string of the molecule is CCCCC(c1ccc(C(=O)O)cc1)N(C)C. The molecule has 1 aromatic carbocycles. The summed E-state index contributed by atoms with van der Waals surface area (Å²) >= 11 is 0. The van der Waals surface area contributed by atoms with E-state index >= 15 is 0 Å². The van der Waals surface area contributed by atoms with Crippen LogP contribution < -0.4 is 0 Å². The Labute approximate surface area is 103 Å². The van der Waals surface area contributed by atoms with Crippen LogP contribution in [0.25, 0.3) is 0 Å². The largest absolute Gasteiger partial charge is 0.478 e. The lowest BCUT2D eigenvalue weighted by molar-refractivity contribution is 0.0697. The number of carboxylic acids is 1. The van der Waals surface area contributed by atoms with Crippen LogP contribution in [0.2, 0.25) is 0 Å². The molecule has 0 aliphatic heterocycles. The Morgan fingerprint density at radius 2 is 1.88 bits per heavy atom. The highest BCUT2D eigenvalue weighted by Gasteiger charge is 2.13. The highest BCUT2D eigenvalue weighted by Crippen LogP contribution is 2.24. The molecule has 17 heavy (non-hydrogen) atoms. The summed E-state index contributed by atoms with van der Waals surface area (Å²) in [5.41, 5.74) is 1.54. The number of carbonyl (C=O) groups is 1. The first-order valence-corrected chi connectivity index (χ1v) is 6.06. The molecule has 0 aliphatic rings. The van der Waals surface area contributed by atoms with Crippen LogP contribution in [0, 0.1) is 0 Å². The summed E-state index contributed by atoms with van der Waals surface area (Å²) in [6.45, 7) is 2.18. The van der Waals surface area contributed by atoms with Crippen LogP contribution in [0.1, 0.15) is 48.1 Å². The van der Waals surface area contributed by atoms with E-state index in [0.717, 1.165) is 6.42 Å². The minimum atomic E-state index is -0.869. The lowest BCUT2D eigenvalue weighted by Crippen LogP contribution is -2.20. The first kappa shape index (κ1) is 13.7. The van der Waals surface area contributed by atoms with Gasteiger partial charge in [-0.2, -0.15) is 0 Å². The van der Waals surface area contributed by atoms with Crippen molar-refractivity contribution in [2.75, 3.05) is 14.1 Å². The number of unbranched alkanes of at least 4 members (excludes halogenated alkanes) is 1. The number of aromatic carboxylic acids is 1. The molecule has 0 radical (unpaired) electrons. The molecule has 1 rings (SSSR count). The van der Waals surface area contributed by atoms with Gasteiger partial charge in [0.2, 0.25) is 0 Å². The third-order valence-electron chi connectivity index (χ3n) is 3.00. The molecule has 1 unspecified atom stereocenters. The van der Waals surface area contributed by atoms with Crippen molar-refractivity contribution in [3.63, 3.8) is 0 Å². The Morgan fingerprint density at radius 1 is 1.29 bits per heavy atom. The van der Waals surface area contributed by atoms with Crippen molar-refractivity contribution in [1.29, 1.82) is 0 Å². The third-order valence-corrected chi connectivity index (χ3v) is 3.00. The Morgan fingerprint density at radius 3 is 2.29 bits per heavy atom. The number of hydrogen-bond acceptors (Lipinski definition) is 2. The molecule has 0 fully saturated rings. The van der Waals surface area contributed by atoms with E-state index in [9.17, 15) is 4.79 Å². The van der Waals surface area contributed by atoms with Gasteiger partial charge in [0, 0.05) is 6.04 Å². The average Bonchev–Trinajstić information content (AvgIpc) is 2.29. The van der Waals surface area contributed by atoms with Crippen LogP contribution in [0.15, 0.2) is 24.3 Å². The zero-order valence-corrected chi connectivity index (χ0v) is 10.8. The van der Waals surface area contributed by atoms with Crippen molar-refractivity contribution >= 4 is 5.97 Å². The first-order valence-electron chi connectivity index (χ1n) is 6.06. The molecule has 0 saturated carbocycles. The second kappa shape index (κ2) is 6.40. The van der Waals surface area contributed by atoms with Crippen LogP contribution in [0.3, 0.4) is 0 Å². The van der Waals surface area contributed by atoms with E-state index in [1.165, 1.54) is 18.4 Å². The highest BCUT2D eigenvalue weighted by molar-refractivity contribution is 5.87. The summed E-state index contributed by atoms with van der Waals surface area (Å²) in [4.78, 5) is 13.0. The van der Waals surface area contributed by atoms with Gasteiger partial charge >= 0.3 is 5.97 Å². The number of rotatable bonds is 6. The summed E-state index contributed by atoms with van der Waals surface area (Å²) in [5.74, 6) is -0.869. The zero-order chi connectivity index (χ0) is 12.8. The molecule has 0 bridgehead atoms. The quantitative estimate of drug-likeness (QED) is 0.823. The molecule has 0 aromatic heterocycles. The van der Waals surface area contributed by atoms with Crippen LogP contribution in [-0.4, -0.2) is 30.1 Å². The minimum absolute atomic E-state index is 0.349. The van der Waals surface area contributed by atoms with Gasteiger partial charge in [0.1, 0.15) is 0 Å². The Kier molecular flexibility index (Phi) is 5.16. The van der Waals surface area contributed by atoms with Gasteiger partial charge in [-0.05, 0) is 38.2 Å². The topological polar surface area (TPSA) is 40.5 Å². The summed E-state index contributed by atoms with van der Waals surface area (Å²) in [6, 6.07) is 7.58. The zero-order valence-electron chi connectivity index (χ0n) is 10.8. The van der Waals surface area contributed by atoms with E-state index in [-0.39, 0.29) is 0 Å². The predicted molar refractivity (Wildman–Crippen MR) is 69.4 cm³/mol. The fourth-order valence-corrected chi connectivity index (χ4v) is 1.97. The van der Waals surface area contributed by atoms with Gasteiger partial charge in [0.25, 0.3) is 0 Å². The molecular formula is C14H21NO2. The van der Waals surface area contributed by atoms with E-state index in [1.54, 1.807) is 12.1 Å². The molecule has 3 nitrogen and oxygen atoms in total. The van der Waals surface area contributed by atoms with Crippen molar-refractivity contribution in [2.24, 2.45) is 0 Å². The van der Waals surface area contributed by atoms with Crippen LogP contribution in [0.5, 0.6) is 0 Å². The highest BCUT2D eigenvalue weighted by atomic mass is 16.4. The van der Waals surface area contributed by atoms with Crippen LogP contribution in [-0.2, 0) is 0 Å². The van der Waals surface area contributed by atoms with Crippen molar-refractivity contribution in [3.8, 4) is 0 Å².